The summed E-state index contributed by atoms with van der Waals surface area (Å²) in [4.78, 5) is 54.1. The molecule has 2 aliphatic rings. The lowest BCUT2D eigenvalue weighted by molar-refractivity contribution is -0.150. The molecule has 1 aromatic heterocycles. The van der Waals surface area contributed by atoms with Crippen LogP contribution in [0, 0.1) is 12.8 Å². The van der Waals surface area contributed by atoms with Gasteiger partial charge in [-0.2, -0.15) is 0 Å². The first-order chi connectivity index (χ1) is 14.2. The minimum absolute atomic E-state index is 0.0189. The number of ether oxygens (including phenoxy) is 1. The third-order valence-electron chi connectivity index (χ3n) is 5.61. The van der Waals surface area contributed by atoms with Crippen molar-refractivity contribution in [1.82, 2.24) is 15.2 Å². The summed E-state index contributed by atoms with van der Waals surface area (Å²) in [5.41, 5.74) is -0.410. The minimum atomic E-state index is -0.956. The highest BCUT2D eigenvalue weighted by atomic mass is 35.5. The molecule has 0 bridgehead atoms. The van der Waals surface area contributed by atoms with Crippen LogP contribution in [0.1, 0.15) is 38.2 Å². The van der Waals surface area contributed by atoms with Crippen LogP contribution in [-0.4, -0.2) is 52.4 Å². The number of anilines is 1. The van der Waals surface area contributed by atoms with E-state index in [1.54, 1.807) is 6.92 Å². The van der Waals surface area contributed by atoms with Crippen molar-refractivity contribution < 1.29 is 23.9 Å². The van der Waals surface area contributed by atoms with Gasteiger partial charge in [-0.05, 0) is 31.2 Å². The van der Waals surface area contributed by atoms with E-state index in [1.807, 2.05) is 6.92 Å². The van der Waals surface area contributed by atoms with Crippen molar-refractivity contribution >= 4 is 52.8 Å². The molecule has 0 aromatic carbocycles. The topological polar surface area (TPSA) is 118 Å². The smallest absolute Gasteiger partial charge is 0.326 e. The number of aromatic nitrogens is 1. The number of urea groups is 1. The van der Waals surface area contributed by atoms with Crippen LogP contribution in [0.25, 0.3) is 0 Å². The monoisotopic (exact) mass is 456 g/mol. The third-order valence-corrected chi connectivity index (χ3v) is 6.46. The molecule has 30 heavy (non-hydrogen) atoms. The van der Waals surface area contributed by atoms with Gasteiger partial charge in [-0.3, -0.25) is 19.3 Å². The molecule has 2 unspecified atom stereocenters. The van der Waals surface area contributed by atoms with E-state index in [9.17, 15) is 19.2 Å². The number of halogens is 2. The highest BCUT2D eigenvalue weighted by Crippen LogP contribution is 2.38. The summed E-state index contributed by atoms with van der Waals surface area (Å²) in [5, 5.41) is 5.70. The Balaban J connectivity index is 1.54. The van der Waals surface area contributed by atoms with E-state index in [0.29, 0.717) is 17.0 Å². The lowest BCUT2D eigenvalue weighted by atomic mass is 9.73. The van der Waals surface area contributed by atoms with E-state index in [1.165, 1.54) is 6.20 Å². The van der Waals surface area contributed by atoms with Crippen LogP contribution in [0.4, 0.5) is 10.6 Å². The molecule has 4 amide bonds. The van der Waals surface area contributed by atoms with Gasteiger partial charge in [-0.1, -0.05) is 43.0 Å². The molecule has 1 aromatic rings. The lowest BCUT2D eigenvalue weighted by Crippen LogP contribution is -2.54. The highest BCUT2D eigenvalue weighted by Gasteiger charge is 2.55. The number of rotatable bonds is 5. The van der Waals surface area contributed by atoms with Crippen molar-refractivity contribution in [2.75, 3.05) is 18.5 Å². The van der Waals surface area contributed by atoms with E-state index in [4.69, 9.17) is 27.9 Å². The molecule has 1 spiro atoms. The Morgan fingerprint density at radius 3 is 2.80 bits per heavy atom. The SMILES string of the molecule is Cc1c(Cl)cnc(NC(=O)COC(=O)CN2C(=O)NC3(CCCCC3C)C2=O)c1Cl. The summed E-state index contributed by atoms with van der Waals surface area (Å²) in [6.45, 7) is 2.40. The van der Waals surface area contributed by atoms with Crippen LogP contribution in [0.2, 0.25) is 10.0 Å². The van der Waals surface area contributed by atoms with Crippen molar-refractivity contribution in [1.29, 1.82) is 0 Å². The molecule has 9 nitrogen and oxygen atoms in total. The van der Waals surface area contributed by atoms with Gasteiger partial charge in [0.25, 0.3) is 11.8 Å². The molecule has 2 fully saturated rings. The summed E-state index contributed by atoms with van der Waals surface area (Å²) >= 11 is 12.0. The van der Waals surface area contributed by atoms with E-state index in [-0.39, 0.29) is 16.8 Å². The second kappa shape index (κ2) is 8.77. The second-order valence-corrected chi connectivity index (χ2v) is 8.33. The van der Waals surface area contributed by atoms with Gasteiger partial charge < -0.3 is 15.4 Å². The molecule has 1 saturated carbocycles. The van der Waals surface area contributed by atoms with Gasteiger partial charge in [0.05, 0.1) is 10.0 Å². The van der Waals surface area contributed by atoms with Crippen LogP contribution < -0.4 is 10.6 Å². The van der Waals surface area contributed by atoms with Gasteiger partial charge in [0.2, 0.25) is 0 Å². The number of nitrogens with one attached hydrogen (secondary N) is 2. The number of carbonyl (C=O) groups excluding carboxylic acids is 4. The fourth-order valence-electron chi connectivity index (χ4n) is 3.77. The first kappa shape index (κ1) is 22.3. The molecule has 2 heterocycles. The third kappa shape index (κ3) is 4.22. The number of amides is 4. The van der Waals surface area contributed by atoms with Gasteiger partial charge in [-0.25, -0.2) is 9.78 Å². The first-order valence-corrected chi connectivity index (χ1v) is 10.3. The molecule has 2 atom stereocenters. The van der Waals surface area contributed by atoms with Crippen LogP contribution in [0.5, 0.6) is 0 Å². The fourth-order valence-corrected chi connectivity index (χ4v) is 4.16. The molecule has 162 valence electrons. The molecule has 0 radical (unpaired) electrons. The van der Waals surface area contributed by atoms with Crippen LogP contribution >= 0.6 is 23.2 Å². The van der Waals surface area contributed by atoms with Gasteiger partial charge in [0, 0.05) is 6.20 Å². The van der Waals surface area contributed by atoms with Gasteiger partial charge in [-0.15, -0.1) is 0 Å². The van der Waals surface area contributed by atoms with Gasteiger partial charge >= 0.3 is 12.0 Å². The van der Waals surface area contributed by atoms with Gasteiger partial charge in [0.15, 0.2) is 12.4 Å². The molecule has 1 aliphatic heterocycles. The molecule has 1 saturated heterocycles. The summed E-state index contributed by atoms with van der Waals surface area (Å²) in [6, 6.07) is -0.622. The predicted octanol–water partition coefficient (Wildman–Crippen LogP) is 2.68. The summed E-state index contributed by atoms with van der Waals surface area (Å²) in [7, 11) is 0. The normalized spacial score (nSPS) is 23.5. The Bertz CT molecular complexity index is 909. The maximum Gasteiger partial charge on any atom is 0.326 e. The fraction of sp³-hybridized carbons (Fsp3) is 0.526. The standard InChI is InChI=1S/C19H22Cl2N4O5/c1-10-5-3-4-6-19(10)17(28)25(18(29)24-19)8-14(27)30-9-13(26)23-16-15(21)11(2)12(20)7-22-16/h7,10H,3-6,8-9H2,1-2H3,(H,24,29)(H,22,23,26). The zero-order valence-corrected chi connectivity index (χ0v) is 18.1. The molecule has 1 aliphatic carbocycles. The molecule has 11 heteroatoms. The number of hydrogen-bond donors (Lipinski definition) is 2. The van der Waals surface area contributed by atoms with Crippen molar-refractivity contribution in [2.45, 2.75) is 45.1 Å². The van der Waals surface area contributed by atoms with E-state index >= 15 is 0 Å². The maximum atomic E-state index is 12.8. The van der Waals surface area contributed by atoms with E-state index in [2.05, 4.69) is 15.6 Å². The van der Waals surface area contributed by atoms with Crippen LogP contribution in [0.3, 0.4) is 0 Å². The largest absolute Gasteiger partial charge is 0.454 e. The zero-order chi connectivity index (χ0) is 22.1. The Kier molecular flexibility index (Phi) is 6.52. The van der Waals surface area contributed by atoms with E-state index < -0.39 is 42.5 Å². The van der Waals surface area contributed by atoms with Crippen molar-refractivity contribution in [2.24, 2.45) is 5.92 Å². The Hall–Kier alpha value is -2.39. The second-order valence-electron chi connectivity index (χ2n) is 7.54. The number of imide groups is 1. The predicted molar refractivity (Wildman–Crippen MR) is 109 cm³/mol. The Labute approximate surface area is 183 Å². The first-order valence-electron chi connectivity index (χ1n) is 9.56. The molecule has 2 N–H and O–H groups in total. The number of nitrogens with zero attached hydrogens (tertiary/aromatic N) is 2. The van der Waals surface area contributed by atoms with E-state index in [0.717, 1.165) is 24.2 Å². The summed E-state index contributed by atoms with van der Waals surface area (Å²) in [6.07, 6.45) is 4.53. The van der Waals surface area contributed by atoms with Crippen molar-refractivity contribution in [3.8, 4) is 0 Å². The number of esters is 1. The number of pyridine rings is 1. The molecule has 3 rings (SSSR count). The lowest BCUT2D eigenvalue weighted by Gasteiger charge is -2.36. The van der Waals surface area contributed by atoms with Gasteiger partial charge in [0.1, 0.15) is 12.1 Å². The summed E-state index contributed by atoms with van der Waals surface area (Å²) in [5.74, 6) is -1.90. The van der Waals surface area contributed by atoms with Crippen molar-refractivity contribution in [3.63, 3.8) is 0 Å². The minimum Gasteiger partial charge on any atom is -0.454 e. The highest BCUT2D eigenvalue weighted by molar-refractivity contribution is 6.37. The van der Waals surface area contributed by atoms with Crippen LogP contribution in [0.15, 0.2) is 6.20 Å². The average molecular weight is 457 g/mol. The average Bonchev–Trinajstić information content (AvgIpc) is 2.94. The summed E-state index contributed by atoms with van der Waals surface area (Å²) < 4.78 is 4.91. The van der Waals surface area contributed by atoms with Crippen molar-refractivity contribution in [3.05, 3.63) is 21.8 Å². The maximum absolute atomic E-state index is 12.8. The quantitative estimate of drug-likeness (QED) is 0.519. The Morgan fingerprint density at radius 1 is 1.37 bits per heavy atom. The zero-order valence-electron chi connectivity index (χ0n) is 16.6. The molecular formula is C19H22Cl2N4O5. The van der Waals surface area contributed by atoms with Crippen LogP contribution in [-0.2, 0) is 19.1 Å². The molecular weight excluding hydrogens is 435 g/mol. The Morgan fingerprint density at radius 2 is 2.10 bits per heavy atom. The number of hydrogen-bond acceptors (Lipinski definition) is 6. The number of carbonyl (C=O) groups is 4.